The number of piperidine rings is 1. The van der Waals surface area contributed by atoms with E-state index in [0.717, 1.165) is 5.69 Å². The molecule has 4 nitrogen and oxygen atoms in total. The Balaban J connectivity index is 2.19. The van der Waals surface area contributed by atoms with Gasteiger partial charge < -0.3 is 9.64 Å². The molecular weight excluding hydrogens is 206 g/mol. The molecule has 0 aromatic heterocycles. The highest BCUT2D eigenvalue weighted by Gasteiger charge is 2.18. The highest BCUT2D eigenvalue weighted by molar-refractivity contribution is 5.81. The number of anilines is 1. The lowest BCUT2D eigenvalue weighted by atomic mass is 10.1. The normalized spacial score (nSPS) is 16.0. The molecule has 4 heteroatoms. The number of Topliss-reactive ketones (excluding diaryl/α,β-unsaturated/α-hetero) is 1. The fourth-order valence-electron chi connectivity index (χ4n) is 1.87. The lowest BCUT2D eigenvalue weighted by Gasteiger charge is -2.29. The fourth-order valence-corrected chi connectivity index (χ4v) is 1.87. The van der Waals surface area contributed by atoms with Crippen LogP contribution in [-0.2, 0) is 9.59 Å². The van der Waals surface area contributed by atoms with Crippen molar-refractivity contribution in [2.24, 2.45) is 0 Å². The predicted molar refractivity (Wildman–Crippen MR) is 59.6 cm³/mol. The Morgan fingerprint density at radius 3 is 2.56 bits per heavy atom. The van der Waals surface area contributed by atoms with Crippen LogP contribution in [0.3, 0.4) is 0 Å². The first-order valence-corrected chi connectivity index (χ1v) is 5.27. The van der Waals surface area contributed by atoms with Gasteiger partial charge >= 0.3 is 0 Å². The number of hydrogen-bond acceptors (Lipinski definition) is 4. The van der Waals surface area contributed by atoms with Gasteiger partial charge in [-0.2, -0.15) is 0 Å². The number of carbonyl (C=O) groups excluding carboxylic acids is 2. The molecule has 0 unspecified atom stereocenters. The average molecular weight is 219 g/mol. The van der Waals surface area contributed by atoms with Crippen LogP contribution in [0.4, 0.5) is 5.69 Å². The molecule has 84 valence electrons. The van der Waals surface area contributed by atoms with Crippen LogP contribution >= 0.6 is 0 Å². The van der Waals surface area contributed by atoms with E-state index in [1.54, 1.807) is 6.07 Å². The first-order valence-electron chi connectivity index (χ1n) is 5.27. The van der Waals surface area contributed by atoms with Crippen molar-refractivity contribution in [3.63, 3.8) is 0 Å². The largest absolute Gasteiger partial charge is 0.427 e. The summed E-state index contributed by atoms with van der Waals surface area (Å²) in [5.41, 5.74) is 0.877. The van der Waals surface area contributed by atoms with Crippen LogP contribution in [0, 0.1) is 0 Å². The minimum Gasteiger partial charge on any atom is -0.427 e. The third-order valence-electron chi connectivity index (χ3n) is 2.70. The van der Waals surface area contributed by atoms with E-state index < -0.39 is 0 Å². The van der Waals surface area contributed by atoms with Crippen molar-refractivity contribution in [2.45, 2.75) is 12.8 Å². The van der Waals surface area contributed by atoms with E-state index in [0.29, 0.717) is 43.9 Å². The third-order valence-corrected chi connectivity index (χ3v) is 2.70. The van der Waals surface area contributed by atoms with E-state index in [1.807, 2.05) is 18.2 Å². The van der Waals surface area contributed by atoms with Crippen LogP contribution in [0.2, 0.25) is 0 Å². The maximum atomic E-state index is 11.1. The summed E-state index contributed by atoms with van der Waals surface area (Å²) in [6.07, 6.45) is 1.13. The van der Waals surface area contributed by atoms with Gasteiger partial charge in [0.25, 0.3) is 6.47 Å². The molecule has 1 saturated heterocycles. The second-order valence-corrected chi connectivity index (χ2v) is 3.71. The first-order chi connectivity index (χ1) is 7.81. The number of ether oxygens (including phenoxy) is 1. The molecule has 0 amide bonds. The Labute approximate surface area is 93.8 Å². The summed E-state index contributed by atoms with van der Waals surface area (Å²) >= 11 is 0. The van der Waals surface area contributed by atoms with Crippen molar-refractivity contribution in [3.05, 3.63) is 24.3 Å². The lowest BCUT2D eigenvalue weighted by Crippen LogP contribution is -2.33. The van der Waals surface area contributed by atoms with E-state index >= 15 is 0 Å². The van der Waals surface area contributed by atoms with Crippen LogP contribution in [0.1, 0.15) is 12.8 Å². The van der Waals surface area contributed by atoms with Gasteiger partial charge in [-0.15, -0.1) is 0 Å². The van der Waals surface area contributed by atoms with Crippen molar-refractivity contribution in [1.82, 2.24) is 0 Å². The van der Waals surface area contributed by atoms with E-state index in [4.69, 9.17) is 4.74 Å². The second-order valence-electron chi connectivity index (χ2n) is 3.71. The highest BCUT2D eigenvalue weighted by Crippen LogP contribution is 2.29. The predicted octanol–water partition coefficient (Wildman–Crippen LogP) is 1.39. The zero-order valence-electron chi connectivity index (χ0n) is 8.89. The van der Waals surface area contributed by atoms with E-state index in [1.165, 1.54) is 0 Å². The van der Waals surface area contributed by atoms with Gasteiger partial charge in [0.15, 0.2) is 5.75 Å². The Hall–Kier alpha value is -1.84. The Morgan fingerprint density at radius 2 is 1.88 bits per heavy atom. The fraction of sp³-hybridized carbons (Fsp3) is 0.333. The molecule has 1 aromatic carbocycles. The molecule has 0 N–H and O–H groups in total. The molecule has 0 spiro atoms. The first kappa shape index (κ1) is 10.7. The molecule has 1 fully saturated rings. The van der Waals surface area contributed by atoms with Crippen LogP contribution in [-0.4, -0.2) is 25.3 Å². The molecule has 2 rings (SSSR count). The SMILES string of the molecule is O=COc1ccccc1N1CCC(=O)CC1. The second kappa shape index (κ2) is 4.79. The smallest absolute Gasteiger partial charge is 0.298 e. The number of benzene rings is 1. The van der Waals surface area contributed by atoms with Crippen LogP contribution in [0.15, 0.2) is 24.3 Å². The molecular formula is C12H13NO3. The van der Waals surface area contributed by atoms with Crippen molar-refractivity contribution in [1.29, 1.82) is 0 Å². The summed E-state index contributed by atoms with van der Waals surface area (Å²) in [7, 11) is 0. The maximum absolute atomic E-state index is 11.1. The zero-order valence-corrected chi connectivity index (χ0v) is 8.89. The Kier molecular flexibility index (Phi) is 3.19. The molecule has 0 bridgehead atoms. The molecule has 0 saturated carbocycles. The van der Waals surface area contributed by atoms with Gasteiger partial charge in [-0.3, -0.25) is 9.59 Å². The van der Waals surface area contributed by atoms with Gasteiger partial charge in [0, 0.05) is 25.9 Å². The van der Waals surface area contributed by atoms with Gasteiger partial charge in [0.2, 0.25) is 0 Å². The summed E-state index contributed by atoms with van der Waals surface area (Å²) in [6, 6.07) is 7.36. The minimum atomic E-state index is 0.296. The Bertz CT molecular complexity index is 393. The summed E-state index contributed by atoms with van der Waals surface area (Å²) in [6.45, 7) is 1.81. The van der Waals surface area contributed by atoms with E-state index in [-0.39, 0.29) is 0 Å². The minimum absolute atomic E-state index is 0.296. The quantitative estimate of drug-likeness (QED) is 0.721. The van der Waals surface area contributed by atoms with Crippen LogP contribution in [0.25, 0.3) is 0 Å². The van der Waals surface area contributed by atoms with Gasteiger partial charge in [0.05, 0.1) is 5.69 Å². The molecule has 1 aliphatic rings. The van der Waals surface area contributed by atoms with Gasteiger partial charge in [0.1, 0.15) is 5.78 Å². The molecule has 0 radical (unpaired) electrons. The number of hydrogen-bond donors (Lipinski definition) is 0. The van der Waals surface area contributed by atoms with Crippen molar-refractivity contribution < 1.29 is 14.3 Å². The summed E-state index contributed by atoms with van der Waals surface area (Å²) in [4.78, 5) is 23.6. The molecule has 1 aromatic rings. The molecule has 1 aliphatic heterocycles. The number of rotatable bonds is 3. The summed E-state index contributed by atoms with van der Waals surface area (Å²) < 4.78 is 4.91. The van der Waals surface area contributed by atoms with E-state index in [9.17, 15) is 9.59 Å². The number of ketones is 1. The third kappa shape index (κ3) is 2.21. The van der Waals surface area contributed by atoms with Gasteiger partial charge in [-0.25, -0.2) is 0 Å². The topological polar surface area (TPSA) is 46.6 Å². The molecule has 1 heterocycles. The Morgan fingerprint density at radius 1 is 1.19 bits per heavy atom. The van der Waals surface area contributed by atoms with Crippen LogP contribution < -0.4 is 9.64 Å². The molecule has 0 atom stereocenters. The summed E-state index contributed by atoms with van der Waals surface area (Å²) in [5, 5.41) is 0. The lowest BCUT2D eigenvalue weighted by molar-refractivity contribution is -0.121. The monoisotopic (exact) mass is 219 g/mol. The number of carbonyl (C=O) groups is 2. The zero-order chi connectivity index (χ0) is 11.4. The van der Waals surface area contributed by atoms with Gasteiger partial charge in [-0.1, -0.05) is 12.1 Å². The van der Waals surface area contributed by atoms with Crippen molar-refractivity contribution in [2.75, 3.05) is 18.0 Å². The average Bonchev–Trinajstić information content (AvgIpc) is 2.32. The number of para-hydroxylation sites is 2. The van der Waals surface area contributed by atoms with Crippen molar-refractivity contribution >= 4 is 17.9 Å². The number of nitrogens with zero attached hydrogens (tertiary/aromatic N) is 1. The molecule has 0 aliphatic carbocycles. The van der Waals surface area contributed by atoms with Crippen molar-refractivity contribution in [3.8, 4) is 5.75 Å². The summed E-state index contributed by atoms with van der Waals surface area (Å²) in [5.74, 6) is 0.844. The standard InChI is InChI=1S/C12H13NO3/c14-9-16-12-4-2-1-3-11(12)13-7-5-10(15)6-8-13/h1-4,9H,5-8H2. The highest BCUT2D eigenvalue weighted by atomic mass is 16.5. The molecule has 16 heavy (non-hydrogen) atoms. The maximum Gasteiger partial charge on any atom is 0.298 e. The van der Waals surface area contributed by atoms with Gasteiger partial charge in [-0.05, 0) is 12.1 Å². The van der Waals surface area contributed by atoms with Crippen LogP contribution in [0.5, 0.6) is 5.75 Å². The van der Waals surface area contributed by atoms with E-state index in [2.05, 4.69) is 4.90 Å².